The minimum absolute atomic E-state index is 0.0378. The predicted octanol–water partition coefficient (Wildman–Crippen LogP) is 7.70. The average Bonchev–Trinajstić information content (AvgIpc) is 2.97. The fourth-order valence-electron chi connectivity index (χ4n) is 4.32. The van der Waals surface area contributed by atoms with Gasteiger partial charge < -0.3 is 4.74 Å². The zero-order valence-electron chi connectivity index (χ0n) is 27.5. The van der Waals surface area contributed by atoms with Crippen molar-refractivity contribution < 1.29 is 40.4 Å². The van der Waals surface area contributed by atoms with Crippen LogP contribution in [0.25, 0.3) is 11.1 Å². The van der Waals surface area contributed by atoms with Gasteiger partial charge in [0.25, 0.3) is 11.1 Å². The van der Waals surface area contributed by atoms with Crippen LogP contribution in [-0.4, -0.2) is 30.5 Å². The van der Waals surface area contributed by atoms with E-state index in [0.717, 1.165) is 33.5 Å². The van der Waals surface area contributed by atoms with E-state index in [1.807, 2.05) is 0 Å². The lowest BCUT2D eigenvalue weighted by Crippen LogP contribution is -2.31. The Labute approximate surface area is 288 Å². The molecular weight excluding hydrogens is 709 g/mol. The van der Waals surface area contributed by atoms with Crippen LogP contribution in [-0.2, 0) is 37.6 Å². The average molecular weight is 740 g/mol. The number of nitrogens with zero attached hydrogens (tertiary/aromatic N) is 5. The highest BCUT2D eigenvalue weighted by Gasteiger charge is 2.39. The van der Waals surface area contributed by atoms with Crippen molar-refractivity contribution in [2.45, 2.75) is 72.2 Å². The number of phosphoric acid groups is 1. The van der Waals surface area contributed by atoms with E-state index in [4.69, 9.17) is 29.9 Å². The summed E-state index contributed by atoms with van der Waals surface area (Å²) < 4.78 is 92.9. The molecule has 0 radical (unpaired) electrons. The summed E-state index contributed by atoms with van der Waals surface area (Å²) in [5.74, 6) is -2.15. The van der Waals surface area contributed by atoms with Crippen LogP contribution in [0.15, 0.2) is 64.4 Å². The van der Waals surface area contributed by atoms with Gasteiger partial charge in [0.15, 0.2) is 12.4 Å². The molecular formula is C32H31ClF4N5O7P. The summed E-state index contributed by atoms with van der Waals surface area (Å²) in [5.41, 5.74) is -5.77. The SMILES string of the molecule is CC(C)(C)OP(=O)(OCn1nc(Cn2cnc(C(F)(F)F)c(Oc3cc(Cl)cc(C#N)c3)c2=O)cc(-c2ccc(F)cc2)c1=O)OC(C)(C)C. The maximum absolute atomic E-state index is 14.0. The van der Waals surface area contributed by atoms with Gasteiger partial charge in [-0.25, -0.2) is 18.6 Å². The number of hydrogen-bond donors (Lipinski definition) is 0. The van der Waals surface area contributed by atoms with E-state index in [1.165, 1.54) is 24.3 Å². The van der Waals surface area contributed by atoms with Gasteiger partial charge in [0.05, 0.1) is 47.0 Å². The second-order valence-electron chi connectivity index (χ2n) is 12.7. The Morgan fingerprint density at radius 1 is 0.940 bits per heavy atom. The van der Waals surface area contributed by atoms with E-state index in [1.54, 1.807) is 47.6 Å². The summed E-state index contributed by atoms with van der Waals surface area (Å²) in [7, 11) is -4.37. The first kappa shape index (κ1) is 38.4. The van der Waals surface area contributed by atoms with Crippen LogP contribution in [0.4, 0.5) is 17.6 Å². The Morgan fingerprint density at radius 2 is 1.56 bits per heavy atom. The highest BCUT2D eigenvalue weighted by Crippen LogP contribution is 2.55. The summed E-state index contributed by atoms with van der Waals surface area (Å²) in [4.78, 5) is 30.5. The van der Waals surface area contributed by atoms with E-state index < -0.39 is 66.9 Å². The number of hydrogen-bond acceptors (Lipinski definition) is 10. The van der Waals surface area contributed by atoms with Crippen LogP contribution in [0.5, 0.6) is 11.5 Å². The fraction of sp³-hybridized carbons (Fsp3) is 0.344. The molecule has 0 aliphatic rings. The van der Waals surface area contributed by atoms with Gasteiger partial charge in [0, 0.05) is 5.02 Å². The molecule has 0 bridgehead atoms. The van der Waals surface area contributed by atoms with E-state index in [-0.39, 0.29) is 33.2 Å². The largest absolute Gasteiger partial charge is 0.477 e. The van der Waals surface area contributed by atoms with Crippen LogP contribution in [0.3, 0.4) is 0 Å². The zero-order chi connectivity index (χ0) is 37.2. The molecule has 12 nitrogen and oxygen atoms in total. The molecule has 0 aliphatic carbocycles. The zero-order valence-corrected chi connectivity index (χ0v) is 29.2. The molecule has 0 unspecified atom stereocenters. The molecule has 2 aromatic carbocycles. The number of rotatable bonds is 10. The maximum atomic E-state index is 14.0. The van der Waals surface area contributed by atoms with E-state index in [9.17, 15) is 37.0 Å². The van der Waals surface area contributed by atoms with Crippen molar-refractivity contribution in [2.24, 2.45) is 0 Å². The molecule has 0 aliphatic heterocycles. The molecule has 4 aromatic rings. The molecule has 0 spiro atoms. The third-order valence-electron chi connectivity index (χ3n) is 6.11. The quantitative estimate of drug-likeness (QED) is 0.117. The minimum atomic E-state index is -5.12. The van der Waals surface area contributed by atoms with Crippen LogP contribution in [0, 0.1) is 17.1 Å². The fourth-order valence-corrected chi connectivity index (χ4v) is 6.28. The van der Waals surface area contributed by atoms with Crippen molar-refractivity contribution in [1.82, 2.24) is 19.3 Å². The maximum Gasteiger partial charge on any atom is 0.477 e. The number of benzene rings is 2. The smallest absolute Gasteiger partial charge is 0.449 e. The first-order chi connectivity index (χ1) is 23.1. The lowest BCUT2D eigenvalue weighted by molar-refractivity contribution is -0.142. The molecule has 0 atom stereocenters. The first-order valence-electron chi connectivity index (χ1n) is 14.6. The van der Waals surface area contributed by atoms with E-state index >= 15 is 0 Å². The Morgan fingerprint density at radius 3 is 2.12 bits per heavy atom. The van der Waals surface area contributed by atoms with Gasteiger partial charge in [-0.1, -0.05) is 23.7 Å². The molecule has 2 heterocycles. The molecule has 0 saturated heterocycles. The number of nitriles is 1. The van der Waals surface area contributed by atoms with Crippen molar-refractivity contribution in [2.75, 3.05) is 0 Å². The molecule has 0 amide bonds. The van der Waals surface area contributed by atoms with Crippen molar-refractivity contribution in [1.29, 1.82) is 5.26 Å². The number of ether oxygens (including phenoxy) is 1. The van der Waals surface area contributed by atoms with Crippen LogP contribution < -0.4 is 15.9 Å². The van der Waals surface area contributed by atoms with Gasteiger partial charge in [0.1, 0.15) is 11.6 Å². The highest BCUT2D eigenvalue weighted by molar-refractivity contribution is 7.48. The number of halogens is 5. The molecule has 0 saturated carbocycles. The van der Waals surface area contributed by atoms with Crippen LogP contribution in [0.1, 0.15) is 58.5 Å². The lowest BCUT2D eigenvalue weighted by atomic mass is 10.1. The van der Waals surface area contributed by atoms with Gasteiger partial charge in [0.2, 0.25) is 5.75 Å². The Balaban J connectivity index is 1.82. The molecule has 50 heavy (non-hydrogen) atoms. The summed E-state index contributed by atoms with van der Waals surface area (Å²) in [6, 6.07) is 11.3. The summed E-state index contributed by atoms with van der Waals surface area (Å²) in [6.45, 7) is 8.28. The number of phosphoric ester groups is 1. The molecule has 0 N–H and O–H groups in total. The van der Waals surface area contributed by atoms with Gasteiger partial charge in [-0.05, 0) is 83.5 Å². The van der Waals surface area contributed by atoms with Crippen molar-refractivity contribution in [3.8, 4) is 28.7 Å². The Bertz CT molecular complexity index is 2080. The monoisotopic (exact) mass is 739 g/mol. The summed E-state index contributed by atoms with van der Waals surface area (Å²) in [6.07, 6.45) is -4.51. The van der Waals surface area contributed by atoms with Crippen molar-refractivity contribution in [3.63, 3.8) is 0 Å². The van der Waals surface area contributed by atoms with Gasteiger partial charge >= 0.3 is 14.0 Å². The molecule has 4 rings (SSSR count). The van der Waals surface area contributed by atoms with Crippen molar-refractivity contribution >= 4 is 19.4 Å². The first-order valence-corrected chi connectivity index (χ1v) is 16.5. The number of aromatic nitrogens is 4. The topological polar surface area (TPSA) is 148 Å². The van der Waals surface area contributed by atoms with E-state index in [2.05, 4.69) is 10.1 Å². The Hall–Kier alpha value is -4.39. The standard InChI is InChI=1S/C32H31ClF4N5O7P/c1-30(2,3)48-50(45,49-31(4,5)6)46-18-42-28(43)25(20-7-9-22(34)10-8-20)14-23(40-42)16-41-17-39-27(32(35,36)37)26(29(41)44)47-24-12-19(15-38)11-21(33)13-24/h7-14,17H,16,18H2,1-6H3. The van der Waals surface area contributed by atoms with Gasteiger partial charge in [-0.2, -0.15) is 23.5 Å². The summed E-state index contributed by atoms with van der Waals surface area (Å²) in [5, 5.41) is 13.4. The molecule has 0 fully saturated rings. The van der Waals surface area contributed by atoms with Crippen molar-refractivity contribution in [3.05, 3.63) is 103 Å². The second-order valence-corrected chi connectivity index (χ2v) is 14.7. The predicted molar refractivity (Wildman–Crippen MR) is 173 cm³/mol. The third-order valence-corrected chi connectivity index (χ3v) is 8.30. The number of alkyl halides is 3. The van der Waals surface area contributed by atoms with Gasteiger partial charge in [-0.15, -0.1) is 0 Å². The normalized spacial score (nSPS) is 12.5. The Kier molecular flexibility index (Phi) is 11.1. The molecule has 266 valence electrons. The highest BCUT2D eigenvalue weighted by atomic mass is 35.5. The molecule has 18 heteroatoms. The molecule has 2 aromatic heterocycles. The second kappa shape index (κ2) is 14.5. The van der Waals surface area contributed by atoms with E-state index in [0.29, 0.717) is 6.33 Å². The summed E-state index contributed by atoms with van der Waals surface area (Å²) >= 11 is 5.97. The van der Waals surface area contributed by atoms with Crippen LogP contribution >= 0.6 is 19.4 Å². The van der Waals surface area contributed by atoms with Gasteiger partial charge in [-0.3, -0.25) is 27.7 Å². The van der Waals surface area contributed by atoms with Crippen LogP contribution in [0.2, 0.25) is 5.02 Å². The minimum Gasteiger partial charge on any atom is -0.449 e. The lowest BCUT2D eigenvalue weighted by Gasteiger charge is -2.30. The third kappa shape index (κ3) is 10.1.